The van der Waals surface area contributed by atoms with Gasteiger partial charge in [-0.1, -0.05) is 36.4 Å². The van der Waals surface area contributed by atoms with Crippen molar-refractivity contribution in [2.24, 2.45) is 0 Å². The van der Waals surface area contributed by atoms with Crippen LogP contribution in [0.2, 0.25) is 0 Å². The van der Waals surface area contributed by atoms with Crippen molar-refractivity contribution in [1.82, 2.24) is 5.32 Å². The van der Waals surface area contributed by atoms with Crippen LogP contribution in [0.1, 0.15) is 37.4 Å². The number of nitrogens with one attached hydrogen (secondary N) is 2. The molecule has 4 heteroatoms. The molecule has 3 aromatic rings. The van der Waals surface area contributed by atoms with Gasteiger partial charge < -0.3 is 10.6 Å². The van der Waals surface area contributed by atoms with E-state index in [1.165, 1.54) is 22.3 Å². The Morgan fingerprint density at radius 3 is 2.33 bits per heavy atom. The fraction of sp³-hybridized carbons (Fsp3) is 0.130. The highest BCUT2D eigenvalue weighted by atomic mass is 16.2. The number of hydrogen-bond acceptors (Lipinski definition) is 2. The zero-order chi connectivity index (χ0) is 19.0. The molecule has 4 nitrogen and oxygen atoms in total. The Bertz CT molecular complexity index is 1070. The summed E-state index contributed by atoms with van der Waals surface area (Å²) in [5.74, 6) is -0.355. The monoisotopic (exact) mass is 356 g/mol. The van der Waals surface area contributed by atoms with Gasteiger partial charge >= 0.3 is 0 Å². The van der Waals surface area contributed by atoms with Gasteiger partial charge in [-0.2, -0.15) is 0 Å². The van der Waals surface area contributed by atoms with Crippen LogP contribution in [0.25, 0.3) is 11.1 Å². The van der Waals surface area contributed by atoms with E-state index < -0.39 is 0 Å². The van der Waals surface area contributed by atoms with E-state index in [-0.39, 0.29) is 11.8 Å². The van der Waals surface area contributed by atoms with Gasteiger partial charge in [0.05, 0.1) is 0 Å². The molecule has 0 radical (unpaired) electrons. The van der Waals surface area contributed by atoms with Crippen molar-refractivity contribution in [1.29, 1.82) is 0 Å². The molecule has 1 aliphatic carbocycles. The van der Waals surface area contributed by atoms with Crippen LogP contribution in [0.4, 0.5) is 5.69 Å². The summed E-state index contributed by atoms with van der Waals surface area (Å²) in [6, 6.07) is 19.4. The Kier molecular flexibility index (Phi) is 4.24. The number of hydrogen-bond donors (Lipinski definition) is 2. The largest absolute Gasteiger partial charge is 0.355 e. The van der Waals surface area contributed by atoms with Crippen LogP contribution in [0.15, 0.2) is 60.7 Å². The second-order valence-corrected chi connectivity index (χ2v) is 6.77. The van der Waals surface area contributed by atoms with Gasteiger partial charge in [0.25, 0.3) is 11.8 Å². The first-order chi connectivity index (χ1) is 13.1. The molecule has 0 aliphatic heterocycles. The SMILES string of the molecule is CNC(=O)c1ccc(C)c(NC(=O)c2ccc3c(c2)Cc2ccccc2-3)c1. The molecule has 134 valence electrons. The predicted octanol–water partition coefficient (Wildman–Crippen LogP) is 4.18. The zero-order valence-corrected chi connectivity index (χ0v) is 15.3. The Morgan fingerprint density at radius 2 is 1.52 bits per heavy atom. The summed E-state index contributed by atoms with van der Waals surface area (Å²) in [6.45, 7) is 1.91. The first-order valence-electron chi connectivity index (χ1n) is 8.92. The fourth-order valence-electron chi connectivity index (χ4n) is 3.52. The van der Waals surface area contributed by atoms with Gasteiger partial charge in [-0.3, -0.25) is 9.59 Å². The fourth-order valence-corrected chi connectivity index (χ4v) is 3.52. The van der Waals surface area contributed by atoms with E-state index in [2.05, 4.69) is 22.8 Å². The van der Waals surface area contributed by atoms with Gasteiger partial charge in [0.1, 0.15) is 0 Å². The van der Waals surface area contributed by atoms with Crippen molar-refractivity contribution in [3.8, 4) is 11.1 Å². The van der Waals surface area contributed by atoms with E-state index >= 15 is 0 Å². The molecule has 0 atom stereocenters. The van der Waals surface area contributed by atoms with Gasteiger partial charge in [0, 0.05) is 23.9 Å². The van der Waals surface area contributed by atoms with Crippen LogP contribution >= 0.6 is 0 Å². The number of carbonyl (C=O) groups excluding carboxylic acids is 2. The predicted molar refractivity (Wildman–Crippen MR) is 107 cm³/mol. The summed E-state index contributed by atoms with van der Waals surface area (Å²) >= 11 is 0. The van der Waals surface area contributed by atoms with E-state index in [0.29, 0.717) is 16.8 Å². The Hall–Kier alpha value is -3.40. The standard InChI is InChI=1S/C23H20N2O2/c1-14-7-8-17(22(26)24-2)13-21(14)25-23(27)16-9-10-20-18(12-16)11-15-5-3-4-6-19(15)20/h3-10,12-13H,11H2,1-2H3,(H,24,26)(H,25,27). The van der Waals surface area contributed by atoms with Crippen molar-refractivity contribution in [3.63, 3.8) is 0 Å². The van der Waals surface area contributed by atoms with Gasteiger partial charge in [-0.05, 0) is 65.4 Å². The number of benzene rings is 3. The van der Waals surface area contributed by atoms with Crippen LogP contribution in [-0.2, 0) is 6.42 Å². The zero-order valence-electron chi connectivity index (χ0n) is 15.3. The lowest BCUT2D eigenvalue weighted by Gasteiger charge is -2.11. The van der Waals surface area contributed by atoms with Crippen LogP contribution in [0.5, 0.6) is 0 Å². The van der Waals surface area contributed by atoms with Crippen LogP contribution in [0, 0.1) is 6.92 Å². The third-order valence-corrected chi connectivity index (χ3v) is 5.03. The third kappa shape index (κ3) is 3.10. The molecule has 1 aliphatic rings. The second kappa shape index (κ2) is 6.72. The summed E-state index contributed by atoms with van der Waals surface area (Å²) < 4.78 is 0. The number of aryl methyl sites for hydroxylation is 1. The van der Waals surface area contributed by atoms with Gasteiger partial charge in [0.15, 0.2) is 0 Å². The van der Waals surface area contributed by atoms with E-state index in [4.69, 9.17) is 0 Å². The molecular weight excluding hydrogens is 336 g/mol. The van der Waals surface area contributed by atoms with Crippen LogP contribution in [-0.4, -0.2) is 18.9 Å². The van der Waals surface area contributed by atoms with E-state index in [9.17, 15) is 9.59 Å². The number of fused-ring (bicyclic) bond motifs is 3. The molecule has 3 aromatic carbocycles. The highest BCUT2D eigenvalue weighted by Gasteiger charge is 2.19. The highest BCUT2D eigenvalue weighted by Crippen LogP contribution is 2.36. The molecule has 4 rings (SSSR count). The first-order valence-corrected chi connectivity index (χ1v) is 8.92. The van der Waals surface area contributed by atoms with E-state index in [0.717, 1.165) is 12.0 Å². The first kappa shape index (κ1) is 17.0. The van der Waals surface area contributed by atoms with Gasteiger partial charge in [-0.15, -0.1) is 0 Å². The molecule has 0 unspecified atom stereocenters. The molecule has 0 saturated heterocycles. The topological polar surface area (TPSA) is 58.2 Å². The molecule has 2 amide bonds. The average molecular weight is 356 g/mol. The minimum absolute atomic E-state index is 0.175. The molecule has 0 fully saturated rings. The Labute approximate surface area is 158 Å². The van der Waals surface area contributed by atoms with Crippen molar-refractivity contribution in [2.75, 3.05) is 12.4 Å². The number of rotatable bonds is 3. The smallest absolute Gasteiger partial charge is 0.255 e. The van der Waals surface area contributed by atoms with Crippen molar-refractivity contribution in [3.05, 3.63) is 88.5 Å². The molecule has 0 aromatic heterocycles. The van der Waals surface area contributed by atoms with E-state index in [1.54, 1.807) is 19.2 Å². The number of amides is 2. The normalized spacial score (nSPS) is 11.5. The molecule has 0 heterocycles. The average Bonchev–Trinajstić information content (AvgIpc) is 3.06. The molecule has 27 heavy (non-hydrogen) atoms. The summed E-state index contributed by atoms with van der Waals surface area (Å²) in [4.78, 5) is 24.6. The van der Waals surface area contributed by atoms with E-state index in [1.807, 2.05) is 43.3 Å². The lowest BCUT2D eigenvalue weighted by Crippen LogP contribution is -2.19. The third-order valence-electron chi connectivity index (χ3n) is 5.03. The maximum Gasteiger partial charge on any atom is 0.255 e. The van der Waals surface area contributed by atoms with Gasteiger partial charge in [0.2, 0.25) is 0 Å². The summed E-state index contributed by atoms with van der Waals surface area (Å²) in [5.41, 5.74) is 7.58. The summed E-state index contributed by atoms with van der Waals surface area (Å²) in [6.07, 6.45) is 0.845. The molecule has 2 N–H and O–H groups in total. The summed E-state index contributed by atoms with van der Waals surface area (Å²) in [5, 5.41) is 5.54. The highest BCUT2D eigenvalue weighted by molar-refractivity contribution is 6.06. The van der Waals surface area contributed by atoms with Crippen molar-refractivity contribution in [2.45, 2.75) is 13.3 Å². The molecule has 0 saturated carbocycles. The Morgan fingerprint density at radius 1 is 0.815 bits per heavy atom. The second-order valence-electron chi connectivity index (χ2n) is 6.77. The lowest BCUT2D eigenvalue weighted by molar-refractivity contribution is 0.0961. The van der Waals surface area contributed by atoms with Crippen LogP contribution < -0.4 is 10.6 Å². The Balaban J connectivity index is 1.60. The minimum atomic E-state index is -0.180. The molecule has 0 bridgehead atoms. The van der Waals surface area contributed by atoms with Crippen LogP contribution in [0.3, 0.4) is 0 Å². The quantitative estimate of drug-likeness (QED) is 0.579. The maximum atomic E-state index is 12.8. The maximum absolute atomic E-state index is 12.8. The lowest BCUT2D eigenvalue weighted by atomic mass is 10.0. The van der Waals surface area contributed by atoms with Gasteiger partial charge in [-0.25, -0.2) is 0 Å². The summed E-state index contributed by atoms with van der Waals surface area (Å²) in [7, 11) is 1.59. The van der Waals surface area contributed by atoms with Crippen molar-refractivity contribution < 1.29 is 9.59 Å². The minimum Gasteiger partial charge on any atom is -0.355 e. The number of anilines is 1. The van der Waals surface area contributed by atoms with Crippen molar-refractivity contribution >= 4 is 17.5 Å². The molecule has 0 spiro atoms. The molecular formula is C23H20N2O2. The number of carbonyl (C=O) groups is 2.